The molecule has 0 radical (unpaired) electrons. The topological polar surface area (TPSA) is 124 Å². The van der Waals surface area contributed by atoms with E-state index in [0.29, 0.717) is 22.7 Å². The van der Waals surface area contributed by atoms with Gasteiger partial charge >= 0.3 is 11.2 Å². The van der Waals surface area contributed by atoms with Crippen LogP contribution in [0, 0.1) is 5.39 Å². The largest absolute Gasteiger partial charge is 0.741 e. The summed E-state index contributed by atoms with van der Waals surface area (Å²) in [6.45, 7) is 0. The molecule has 0 aliphatic rings. The second-order valence-corrected chi connectivity index (χ2v) is 6.08. The highest BCUT2D eigenvalue weighted by Crippen LogP contribution is 2.29. The van der Waals surface area contributed by atoms with Crippen molar-refractivity contribution in [3.63, 3.8) is 0 Å². The Labute approximate surface area is 151 Å². The summed E-state index contributed by atoms with van der Waals surface area (Å²) in [4.78, 5) is 15.1. The number of nitrogens with zero attached hydrogens (tertiary/aromatic N) is 2. The Morgan fingerprint density at radius 2 is 1.74 bits per heavy atom. The van der Waals surface area contributed by atoms with Gasteiger partial charge in [-0.25, -0.2) is 8.42 Å². The van der Waals surface area contributed by atoms with Gasteiger partial charge in [-0.1, -0.05) is 18.2 Å². The maximum atomic E-state index is 12.0. The Morgan fingerprint density at radius 3 is 2.19 bits per heavy atom. The van der Waals surface area contributed by atoms with Gasteiger partial charge in [-0.3, -0.25) is 4.79 Å². The minimum absolute atomic E-state index is 0.229. The second kappa shape index (κ2) is 8.97. The number of ether oxygens (including phenoxy) is 1. The number of methoxy groups -OCH3 is 1. The van der Waals surface area contributed by atoms with Crippen molar-refractivity contribution in [1.29, 1.82) is 5.39 Å². The summed E-state index contributed by atoms with van der Waals surface area (Å²) in [5, 5.41) is 11.4. The number of alkyl halides is 3. The van der Waals surface area contributed by atoms with Crippen molar-refractivity contribution in [1.82, 2.24) is 0 Å². The van der Waals surface area contributed by atoms with Crippen molar-refractivity contribution in [3.8, 4) is 5.75 Å². The summed E-state index contributed by atoms with van der Waals surface area (Å²) in [6, 6.07) is 13.6. The van der Waals surface area contributed by atoms with Crippen molar-refractivity contribution in [2.45, 2.75) is 5.51 Å². The van der Waals surface area contributed by atoms with Crippen LogP contribution in [0.1, 0.15) is 10.4 Å². The van der Waals surface area contributed by atoms with Gasteiger partial charge in [0, 0.05) is 11.6 Å². The number of carbonyl (C=O) groups is 1. The molecule has 12 heteroatoms. The third-order valence-electron chi connectivity index (χ3n) is 2.87. The molecule has 0 saturated heterocycles. The lowest BCUT2D eigenvalue weighted by atomic mass is 10.2. The maximum Gasteiger partial charge on any atom is 0.485 e. The molecular weight excluding hydrogens is 391 g/mol. The summed E-state index contributed by atoms with van der Waals surface area (Å²) in [7, 11) is -4.61. The van der Waals surface area contributed by atoms with Gasteiger partial charge in [0.2, 0.25) is 5.39 Å². The summed E-state index contributed by atoms with van der Waals surface area (Å²) >= 11 is 0. The highest BCUT2D eigenvalue weighted by atomic mass is 32.2. The van der Waals surface area contributed by atoms with Gasteiger partial charge in [0.05, 0.1) is 18.9 Å². The second-order valence-electron chi connectivity index (χ2n) is 4.70. The molecule has 0 fully saturated rings. The minimum Gasteiger partial charge on any atom is -0.741 e. The fraction of sp³-hybridized carbons (Fsp3) is 0.133. The van der Waals surface area contributed by atoms with Gasteiger partial charge in [0.1, 0.15) is 5.75 Å². The van der Waals surface area contributed by atoms with Crippen molar-refractivity contribution in [2.24, 2.45) is 0 Å². The summed E-state index contributed by atoms with van der Waals surface area (Å²) in [5.74, 6) is 0.201. The van der Waals surface area contributed by atoms with Crippen molar-refractivity contribution >= 4 is 27.4 Å². The molecule has 0 atom stereocenters. The lowest BCUT2D eigenvalue weighted by Crippen LogP contribution is -2.21. The first-order valence-electron chi connectivity index (χ1n) is 6.91. The fourth-order valence-corrected chi connectivity index (χ4v) is 1.63. The first kappa shape index (κ1) is 21.9. The summed E-state index contributed by atoms with van der Waals surface area (Å²) < 4.78 is 64.0. The molecule has 1 N–H and O–H groups in total. The van der Waals surface area contributed by atoms with E-state index in [9.17, 15) is 18.0 Å². The van der Waals surface area contributed by atoms with Crippen LogP contribution in [-0.4, -0.2) is 31.5 Å². The van der Waals surface area contributed by atoms with E-state index in [1.54, 1.807) is 36.4 Å². The van der Waals surface area contributed by atoms with Crippen LogP contribution < -0.4 is 10.1 Å². The van der Waals surface area contributed by atoms with E-state index in [-0.39, 0.29) is 5.91 Å². The van der Waals surface area contributed by atoms with Gasteiger partial charge in [-0.05, 0) is 18.2 Å². The number of benzene rings is 2. The molecule has 0 unspecified atom stereocenters. The van der Waals surface area contributed by atoms with E-state index in [0.717, 1.165) is 0 Å². The Hall–Kier alpha value is -3.17. The van der Waals surface area contributed by atoms with Crippen molar-refractivity contribution in [2.75, 3.05) is 12.4 Å². The zero-order valence-electron chi connectivity index (χ0n) is 13.6. The number of rotatable bonds is 3. The smallest absolute Gasteiger partial charge is 0.485 e. The van der Waals surface area contributed by atoms with Gasteiger partial charge in [-0.15, -0.1) is 0 Å². The Morgan fingerprint density at radius 1 is 1.19 bits per heavy atom. The lowest BCUT2D eigenvalue weighted by molar-refractivity contribution is -0.0517. The van der Waals surface area contributed by atoms with Crippen LogP contribution in [0.2, 0.25) is 0 Å². The molecule has 144 valence electrons. The molecule has 0 heterocycles. The zero-order chi connectivity index (χ0) is 20.7. The number of hydrogen-bond donors (Lipinski definition) is 1. The molecule has 0 aromatic heterocycles. The number of halogens is 3. The number of anilines is 1. The predicted octanol–water partition coefficient (Wildman–Crippen LogP) is 3.48. The minimum atomic E-state index is -6.09. The molecule has 0 aliphatic heterocycles. The number of amides is 1. The zero-order valence-corrected chi connectivity index (χ0v) is 14.4. The number of hydrogen-bond acceptors (Lipinski definition) is 6. The Balaban J connectivity index is 0.000000387. The Kier molecular flexibility index (Phi) is 7.26. The lowest BCUT2D eigenvalue weighted by Gasteiger charge is -2.08. The summed E-state index contributed by atoms with van der Waals surface area (Å²) in [5.41, 5.74) is -4.22. The van der Waals surface area contributed by atoms with Crippen LogP contribution in [0.15, 0.2) is 48.5 Å². The van der Waals surface area contributed by atoms with Crippen LogP contribution in [0.3, 0.4) is 0 Å². The molecule has 0 aliphatic carbocycles. The maximum absolute atomic E-state index is 12.0. The van der Waals surface area contributed by atoms with E-state index in [4.69, 9.17) is 23.1 Å². The van der Waals surface area contributed by atoms with E-state index < -0.39 is 15.6 Å². The van der Waals surface area contributed by atoms with Crippen LogP contribution in [0.25, 0.3) is 4.98 Å². The molecule has 2 aromatic carbocycles. The van der Waals surface area contributed by atoms with Crippen LogP contribution in [-0.2, 0) is 10.1 Å². The Bertz CT molecular complexity index is 941. The standard InChI is InChI=1S/C14H11N3O2.CHF3O3S/c1-19-13-9-11(17-15)7-8-12(13)16-14(18)10-5-3-2-4-6-10;2-1(3,4)8(5,6)7/h2-9H,1H3;(H,5,6,7). The molecule has 8 nitrogen and oxygen atoms in total. The number of nitrogens with one attached hydrogen (secondary N) is 1. The highest BCUT2D eigenvalue weighted by Gasteiger charge is 2.36. The average molecular weight is 403 g/mol. The normalized spacial score (nSPS) is 10.8. The first-order valence-corrected chi connectivity index (χ1v) is 8.32. The van der Waals surface area contributed by atoms with Gasteiger partial charge < -0.3 is 14.6 Å². The number of diazo groups is 1. The monoisotopic (exact) mass is 403 g/mol. The van der Waals surface area contributed by atoms with Crippen LogP contribution in [0.5, 0.6) is 5.75 Å². The fourth-order valence-electron chi connectivity index (χ4n) is 1.63. The first-order chi connectivity index (χ1) is 12.5. The van der Waals surface area contributed by atoms with Gasteiger partial charge in [0.25, 0.3) is 5.91 Å². The SMILES string of the molecule is COc1cc([N+]#N)ccc1NC(=O)c1ccccc1.O=S(=O)([O-])C(F)(F)F. The van der Waals surface area contributed by atoms with Crippen LogP contribution >= 0.6 is 0 Å². The third kappa shape index (κ3) is 6.57. The van der Waals surface area contributed by atoms with Crippen LogP contribution in [0.4, 0.5) is 24.5 Å². The van der Waals surface area contributed by atoms with E-state index in [2.05, 4.69) is 10.3 Å². The van der Waals surface area contributed by atoms with E-state index in [1.807, 2.05) is 6.07 Å². The predicted molar refractivity (Wildman–Crippen MR) is 87.9 cm³/mol. The molecule has 0 saturated carbocycles. The van der Waals surface area contributed by atoms with E-state index in [1.165, 1.54) is 13.2 Å². The average Bonchev–Trinajstić information content (AvgIpc) is 2.61. The molecule has 0 bridgehead atoms. The van der Waals surface area contributed by atoms with Crippen molar-refractivity contribution < 1.29 is 35.7 Å². The molecule has 1 amide bonds. The molecule has 2 rings (SSSR count). The molecule has 0 spiro atoms. The molecule has 27 heavy (non-hydrogen) atoms. The molecule has 2 aromatic rings. The third-order valence-corrected chi connectivity index (χ3v) is 3.44. The number of carbonyl (C=O) groups excluding carboxylic acids is 1. The molecular formula is C15H12F3N3O5S. The highest BCUT2D eigenvalue weighted by molar-refractivity contribution is 7.86. The van der Waals surface area contributed by atoms with Gasteiger partial charge in [0.15, 0.2) is 15.1 Å². The van der Waals surface area contributed by atoms with E-state index >= 15 is 0 Å². The quantitative estimate of drug-likeness (QED) is 0.475. The van der Waals surface area contributed by atoms with Gasteiger partial charge in [-0.2, -0.15) is 13.2 Å². The van der Waals surface area contributed by atoms with Crippen molar-refractivity contribution in [3.05, 3.63) is 59.1 Å². The summed E-state index contributed by atoms with van der Waals surface area (Å²) in [6.07, 6.45) is 0.